The number of aromatic nitrogens is 1. The molecule has 1 aromatic heterocycles. The molecule has 2 aliphatic heterocycles. The fourth-order valence-corrected chi connectivity index (χ4v) is 4.87. The molecule has 2 saturated heterocycles. The van der Waals surface area contributed by atoms with Crippen LogP contribution in [0, 0.1) is 5.82 Å². The Morgan fingerprint density at radius 3 is 2.42 bits per heavy atom. The van der Waals surface area contributed by atoms with Crippen LogP contribution in [-0.2, 0) is 4.79 Å². The van der Waals surface area contributed by atoms with Crippen molar-refractivity contribution in [2.24, 2.45) is 0 Å². The molecule has 8 nitrogen and oxygen atoms in total. The SMILES string of the molecule is CCCNc1nc(C(=O)N2CCN(CC(=O)N3CCN(c4ccccc4F)CC3)CC2)cs1. The van der Waals surface area contributed by atoms with E-state index in [1.165, 1.54) is 17.4 Å². The molecule has 0 unspecified atom stereocenters. The lowest BCUT2D eigenvalue weighted by Gasteiger charge is -2.38. The number of thiazole rings is 1. The maximum absolute atomic E-state index is 14.0. The maximum Gasteiger partial charge on any atom is 0.273 e. The van der Waals surface area contributed by atoms with Crippen molar-refractivity contribution in [1.29, 1.82) is 0 Å². The van der Waals surface area contributed by atoms with Crippen molar-refractivity contribution in [3.63, 3.8) is 0 Å². The molecule has 1 N–H and O–H groups in total. The molecule has 0 aliphatic carbocycles. The molecule has 2 aliphatic rings. The molecule has 0 bridgehead atoms. The number of nitrogens with one attached hydrogen (secondary N) is 1. The van der Waals surface area contributed by atoms with Gasteiger partial charge in [0, 0.05) is 64.3 Å². The second-order valence-electron chi connectivity index (χ2n) is 8.35. The Morgan fingerprint density at radius 1 is 1.03 bits per heavy atom. The summed E-state index contributed by atoms with van der Waals surface area (Å²) in [6.07, 6.45) is 1.00. The molecular weight excluding hydrogens is 443 g/mol. The number of carbonyl (C=O) groups is 2. The van der Waals surface area contributed by atoms with Crippen molar-refractivity contribution < 1.29 is 14.0 Å². The van der Waals surface area contributed by atoms with Crippen LogP contribution in [0.4, 0.5) is 15.2 Å². The molecular formula is C23H31FN6O2S. The number of hydrogen-bond donors (Lipinski definition) is 1. The van der Waals surface area contributed by atoms with E-state index in [1.54, 1.807) is 17.5 Å². The summed E-state index contributed by atoms with van der Waals surface area (Å²) < 4.78 is 14.0. The van der Waals surface area contributed by atoms with Crippen molar-refractivity contribution in [3.05, 3.63) is 41.2 Å². The number of para-hydroxylation sites is 1. The van der Waals surface area contributed by atoms with Gasteiger partial charge in [-0.15, -0.1) is 11.3 Å². The zero-order chi connectivity index (χ0) is 23.2. The first-order chi connectivity index (χ1) is 16.0. The number of amides is 2. The number of nitrogens with zero attached hydrogens (tertiary/aromatic N) is 5. The molecule has 0 spiro atoms. The summed E-state index contributed by atoms with van der Waals surface area (Å²) in [7, 11) is 0. The quantitative estimate of drug-likeness (QED) is 0.664. The number of anilines is 2. The van der Waals surface area contributed by atoms with Gasteiger partial charge in [-0.25, -0.2) is 9.37 Å². The maximum atomic E-state index is 14.0. The van der Waals surface area contributed by atoms with Crippen LogP contribution in [0.25, 0.3) is 0 Å². The zero-order valence-corrected chi connectivity index (χ0v) is 19.8. The van der Waals surface area contributed by atoms with Crippen LogP contribution in [0.1, 0.15) is 23.8 Å². The molecule has 2 amide bonds. The summed E-state index contributed by atoms with van der Waals surface area (Å²) in [6.45, 7) is 8.20. The van der Waals surface area contributed by atoms with E-state index >= 15 is 0 Å². The van der Waals surface area contributed by atoms with E-state index in [-0.39, 0.29) is 17.6 Å². The lowest BCUT2D eigenvalue weighted by atomic mass is 10.2. The van der Waals surface area contributed by atoms with E-state index in [2.05, 4.69) is 22.1 Å². The molecule has 4 rings (SSSR count). The Morgan fingerprint density at radius 2 is 1.73 bits per heavy atom. The van der Waals surface area contributed by atoms with Gasteiger partial charge in [0.15, 0.2) is 5.13 Å². The Bertz CT molecular complexity index is 954. The van der Waals surface area contributed by atoms with Gasteiger partial charge in [-0.3, -0.25) is 14.5 Å². The molecule has 2 aromatic rings. The van der Waals surface area contributed by atoms with E-state index < -0.39 is 0 Å². The molecule has 0 atom stereocenters. The molecule has 2 fully saturated rings. The largest absolute Gasteiger partial charge is 0.366 e. The molecule has 10 heteroatoms. The van der Waals surface area contributed by atoms with E-state index in [1.807, 2.05) is 20.8 Å². The summed E-state index contributed by atoms with van der Waals surface area (Å²) in [5.74, 6) is -0.184. The average Bonchev–Trinajstić information content (AvgIpc) is 3.32. The van der Waals surface area contributed by atoms with E-state index in [4.69, 9.17) is 0 Å². The lowest BCUT2D eigenvalue weighted by molar-refractivity contribution is -0.133. The third kappa shape index (κ3) is 5.80. The molecule has 3 heterocycles. The second-order valence-corrected chi connectivity index (χ2v) is 9.21. The van der Waals surface area contributed by atoms with E-state index in [9.17, 15) is 14.0 Å². The first-order valence-corrected chi connectivity index (χ1v) is 12.4. The standard InChI is InChI=1S/C23H31FN6O2S/c1-2-7-25-23-26-19(17-33-23)22(32)30-10-8-27(9-11-30)16-21(31)29-14-12-28(13-15-29)20-6-4-3-5-18(20)24/h3-6,17H,2,7-16H2,1H3,(H,25,26). The summed E-state index contributed by atoms with van der Waals surface area (Å²) in [5.41, 5.74) is 1.08. The van der Waals surface area contributed by atoms with Crippen LogP contribution in [-0.4, -0.2) is 96.9 Å². The van der Waals surface area contributed by atoms with Crippen LogP contribution < -0.4 is 10.2 Å². The number of halogens is 1. The smallest absolute Gasteiger partial charge is 0.273 e. The zero-order valence-electron chi connectivity index (χ0n) is 19.0. The molecule has 0 saturated carbocycles. The van der Waals surface area contributed by atoms with Crippen LogP contribution in [0.3, 0.4) is 0 Å². The topological polar surface area (TPSA) is 72.0 Å². The third-order valence-electron chi connectivity index (χ3n) is 6.09. The highest BCUT2D eigenvalue weighted by molar-refractivity contribution is 7.13. The van der Waals surface area contributed by atoms with Crippen molar-refractivity contribution in [2.75, 3.05) is 75.7 Å². The monoisotopic (exact) mass is 474 g/mol. The Kier molecular flexibility index (Phi) is 7.77. The number of hydrogen-bond acceptors (Lipinski definition) is 7. The summed E-state index contributed by atoms with van der Waals surface area (Å²) in [6, 6.07) is 6.76. The minimum absolute atomic E-state index is 0.0500. The molecule has 33 heavy (non-hydrogen) atoms. The summed E-state index contributed by atoms with van der Waals surface area (Å²) >= 11 is 1.45. The van der Waals surface area contributed by atoms with Crippen molar-refractivity contribution in [2.45, 2.75) is 13.3 Å². The van der Waals surface area contributed by atoms with Gasteiger partial charge in [0.05, 0.1) is 12.2 Å². The number of benzene rings is 1. The predicted molar refractivity (Wildman–Crippen MR) is 128 cm³/mol. The van der Waals surface area contributed by atoms with Crippen molar-refractivity contribution in [3.8, 4) is 0 Å². The lowest BCUT2D eigenvalue weighted by Crippen LogP contribution is -2.54. The molecule has 0 radical (unpaired) electrons. The van der Waals surface area contributed by atoms with E-state index in [0.717, 1.165) is 18.1 Å². The third-order valence-corrected chi connectivity index (χ3v) is 6.89. The van der Waals surface area contributed by atoms with E-state index in [0.29, 0.717) is 70.3 Å². The summed E-state index contributed by atoms with van der Waals surface area (Å²) in [4.78, 5) is 37.7. The highest BCUT2D eigenvalue weighted by atomic mass is 32.1. The number of piperazine rings is 2. The van der Waals surface area contributed by atoms with Gasteiger partial charge in [-0.1, -0.05) is 19.1 Å². The Hall–Kier alpha value is -2.72. The number of carbonyl (C=O) groups excluding carboxylic acids is 2. The van der Waals surface area contributed by atoms with Gasteiger partial charge in [0.2, 0.25) is 5.91 Å². The predicted octanol–water partition coefficient (Wildman–Crippen LogP) is 2.21. The van der Waals surface area contributed by atoms with Crippen LogP contribution >= 0.6 is 11.3 Å². The fraction of sp³-hybridized carbons (Fsp3) is 0.522. The van der Waals surface area contributed by atoms with Gasteiger partial charge >= 0.3 is 0 Å². The number of rotatable bonds is 7. The molecule has 178 valence electrons. The highest BCUT2D eigenvalue weighted by Crippen LogP contribution is 2.21. The Labute approximate surface area is 198 Å². The minimum atomic E-state index is -0.226. The van der Waals surface area contributed by atoms with Gasteiger partial charge in [0.1, 0.15) is 11.5 Å². The van der Waals surface area contributed by atoms with Gasteiger partial charge in [-0.2, -0.15) is 0 Å². The van der Waals surface area contributed by atoms with Gasteiger partial charge < -0.3 is 20.0 Å². The van der Waals surface area contributed by atoms with Gasteiger partial charge in [-0.05, 0) is 18.6 Å². The van der Waals surface area contributed by atoms with Crippen LogP contribution in [0.15, 0.2) is 29.6 Å². The average molecular weight is 475 g/mol. The Balaban J connectivity index is 1.21. The van der Waals surface area contributed by atoms with Crippen molar-refractivity contribution >= 4 is 34.0 Å². The van der Waals surface area contributed by atoms with Gasteiger partial charge in [0.25, 0.3) is 5.91 Å². The van der Waals surface area contributed by atoms with Crippen LogP contribution in [0.2, 0.25) is 0 Å². The summed E-state index contributed by atoms with van der Waals surface area (Å²) in [5, 5.41) is 5.79. The molecule has 1 aromatic carbocycles. The fourth-order valence-electron chi connectivity index (χ4n) is 4.15. The normalized spacial score (nSPS) is 17.3. The first kappa shape index (κ1) is 23.4. The second kappa shape index (κ2) is 10.9. The minimum Gasteiger partial charge on any atom is -0.366 e. The first-order valence-electron chi connectivity index (χ1n) is 11.5. The van der Waals surface area contributed by atoms with Crippen molar-refractivity contribution in [1.82, 2.24) is 19.7 Å². The highest BCUT2D eigenvalue weighted by Gasteiger charge is 2.27. The van der Waals surface area contributed by atoms with Crippen LogP contribution in [0.5, 0.6) is 0 Å².